The van der Waals surface area contributed by atoms with Gasteiger partial charge in [0.05, 0.1) is 0 Å². The zero-order chi connectivity index (χ0) is 7.40. The van der Waals surface area contributed by atoms with Crippen LogP contribution in [0.1, 0.15) is 11.4 Å². The minimum Gasteiger partial charge on any atom is -0.291 e. The maximum absolute atomic E-state index is 10.2. The van der Waals surface area contributed by atoms with Gasteiger partial charge >= 0.3 is 0 Å². The number of rotatable bonds is 2. The van der Waals surface area contributed by atoms with E-state index < -0.39 is 0 Å². The standard InChI is InChI=1S/C8H8BO/c9-8(6-10)7-4-2-1-3-5-7/h1-5,8H,9H2. The second-order valence-corrected chi connectivity index (χ2v) is 2.25. The molecule has 1 radical (unpaired) electrons. The van der Waals surface area contributed by atoms with E-state index in [4.69, 9.17) is 0 Å². The van der Waals surface area contributed by atoms with Gasteiger partial charge in [-0.1, -0.05) is 30.3 Å². The summed E-state index contributed by atoms with van der Waals surface area (Å²) in [6.45, 7) is 0. The molecule has 1 aromatic carbocycles. The lowest BCUT2D eigenvalue weighted by molar-refractivity contribution is 0.553. The van der Waals surface area contributed by atoms with Gasteiger partial charge in [0, 0.05) is 5.82 Å². The molecule has 0 aliphatic heterocycles. The summed E-state index contributed by atoms with van der Waals surface area (Å²) in [7, 11) is 1.84. The zero-order valence-electron chi connectivity index (χ0n) is 5.87. The van der Waals surface area contributed by atoms with Gasteiger partial charge in [-0.2, -0.15) is 0 Å². The molecule has 0 saturated heterocycles. The third-order valence-electron chi connectivity index (χ3n) is 1.48. The topological polar surface area (TPSA) is 17.1 Å². The van der Waals surface area contributed by atoms with Crippen molar-refractivity contribution < 1.29 is 4.79 Å². The summed E-state index contributed by atoms with van der Waals surface area (Å²) in [5, 5.41) is 0. The molecule has 0 aliphatic carbocycles. The van der Waals surface area contributed by atoms with Gasteiger partial charge in [-0.25, -0.2) is 0 Å². The maximum Gasteiger partial charge on any atom is 0.197 e. The number of carbonyl (C=O) groups excluding carboxylic acids is 1. The van der Waals surface area contributed by atoms with Crippen molar-refractivity contribution in [3.05, 3.63) is 35.9 Å². The van der Waals surface area contributed by atoms with E-state index in [9.17, 15) is 4.79 Å². The van der Waals surface area contributed by atoms with Crippen LogP contribution in [-0.2, 0) is 4.79 Å². The second kappa shape index (κ2) is 3.21. The summed E-state index contributed by atoms with van der Waals surface area (Å²) in [5.41, 5.74) is 1.03. The molecule has 0 aliphatic rings. The van der Waals surface area contributed by atoms with Gasteiger partial charge in [0.2, 0.25) is 0 Å². The van der Waals surface area contributed by atoms with Crippen molar-refractivity contribution in [3.8, 4) is 0 Å². The highest BCUT2D eigenvalue weighted by atomic mass is 16.1. The van der Waals surface area contributed by atoms with Crippen LogP contribution in [0.25, 0.3) is 0 Å². The molecule has 1 nitrogen and oxygen atoms in total. The van der Waals surface area contributed by atoms with Gasteiger partial charge < -0.3 is 0 Å². The molecule has 1 rings (SSSR count). The van der Waals surface area contributed by atoms with Crippen LogP contribution in [-0.4, -0.2) is 14.1 Å². The molecule has 0 bridgehead atoms. The van der Waals surface area contributed by atoms with Gasteiger partial charge in [-0.15, -0.1) is 0 Å². The van der Waals surface area contributed by atoms with E-state index in [0.29, 0.717) is 0 Å². The molecule has 1 atom stereocenters. The summed E-state index contributed by atoms with van der Waals surface area (Å²) >= 11 is 0. The molecule has 0 saturated carbocycles. The van der Waals surface area contributed by atoms with E-state index >= 15 is 0 Å². The fraction of sp³-hybridized carbons (Fsp3) is 0.125. The number of hydrogen-bond donors (Lipinski definition) is 0. The Morgan fingerprint density at radius 3 is 2.40 bits per heavy atom. The molecule has 10 heavy (non-hydrogen) atoms. The normalized spacial score (nSPS) is 12.4. The highest BCUT2D eigenvalue weighted by Gasteiger charge is 2.01. The lowest BCUT2D eigenvalue weighted by atomic mass is 9.83. The van der Waals surface area contributed by atoms with E-state index in [1.54, 1.807) is 0 Å². The minimum atomic E-state index is -0.0961. The quantitative estimate of drug-likeness (QED) is 0.533. The van der Waals surface area contributed by atoms with Crippen molar-refractivity contribution in [2.45, 2.75) is 5.82 Å². The number of hydrogen-bond acceptors (Lipinski definition) is 1. The fourth-order valence-electron chi connectivity index (χ4n) is 0.810. The lowest BCUT2D eigenvalue weighted by Gasteiger charge is -1.99. The SMILES string of the molecule is BC([C]=O)c1ccccc1. The molecule has 2 heteroatoms. The second-order valence-electron chi connectivity index (χ2n) is 2.25. The minimum absolute atomic E-state index is 0.0961. The van der Waals surface area contributed by atoms with E-state index in [2.05, 4.69) is 0 Å². The Hall–Kier alpha value is -1.05. The van der Waals surface area contributed by atoms with Crippen LogP contribution in [0.15, 0.2) is 30.3 Å². The summed E-state index contributed by atoms with van der Waals surface area (Å²) in [6, 6.07) is 9.62. The first-order chi connectivity index (χ1) is 4.84. The van der Waals surface area contributed by atoms with Gasteiger partial charge in [0.25, 0.3) is 0 Å². The summed E-state index contributed by atoms with van der Waals surface area (Å²) in [4.78, 5) is 10.2. The predicted molar refractivity (Wildman–Crippen MR) is 43.4 cm³/mol. The van der Waals surface area contributed by atoms with Gasteiger partial charge in [-0.3, -0.25) is 4.79 Å². The zero-order valence-corrected chi connectivity index (χ0v) is 5.87. The van der Waals surface area contributed by atoms with Crippen molar-refractivity contribution >= 4 is 14.1 Å². The van der Waals surface area contributed by atoms with Crippen LogP contribution in [0.5, 0.6) is 0 Å². The fourth-order valence-corrected chi connectivity index (χ4v) is 0.810. The predicted octanol–water partition coefficient (Wildman–Crippen LogP) is 0.470. The van der Waals surface area contributed by atoms with Crippen LogP contribution < -0.4 is 0 Å². The third kappa shape index (κ3) is 1.47. The van der Waals surface area contributed by atoms with Crippen molar-refractivity contribution in [2.75, 3.05) is 0 Å². The first-order valence-corrected chi connectivity index (χ1v) is 3.27. The van der Waals surface area contributed by atoms with Gasteiger partial charge in [0.15, 0.2) is 6.29 Å². The smallest absolute Gasteiger partial charge is 0.197 e. The molecule has 0 heterocycles. The van der Waals surface area contributed by atoms with E-state index in [0.717, 1.165) is 5.56 Å². The Balaban J connectivity index is 2.84. The Bertz CT molecular complexity index is 208. The molecule has 0 fully saturated rings. The van der Waals surface area contributed by atoms with Crippen LogP contribution in [0.2, 0.25) is 0 Å². The molecule has 1 unspecified atom stereocenters. The van der Waals surface area contributed by atoms with Crippen molar-refractivity contribution in [1.29, 1.82) is 0 Å². The Labute approximate surface area is 61.5 Å². The molecule has 0 aromatic heterocycles. The molecule has 0 N–H and O–H groups in total. The van der Waals surface area contributed by atoms with Crippen LogP contribution >= 0.6 is 0 Å². The summed E-state index contributed by atoms with van der Waals surface area (Å²) < 4.78 is 0. The Morgan fingerprint density at radius 1 is 1.30 bits per heavy atom. The first-order valence-electron chi connectivity index (χ1n) is 3.27. The molecule has 49 valence electrons. The van der Waals surface area contributed by atoms with Crippen molar-refractivity contribution in [3.63, 3.8) is 0 Å². The molecular weight excluding hydrogens is 123 g/mol. The molecule has 0 amide bonds. The summed E-state index contributed by atoms with van der Waals surface area (Å²) in [6.07, 6.45) is 1.93. The highest BCUT2D eigenvalue weighted by Crippen LogP contribution is 2.07. The first kappa shape index (κ1) is 7.07. The number of benzene rings is 1. The van der Waals surface area contributed by atoms with Crippen molar-refractivity contribution in [1.82, 2.24) is 0 Å². The average molecular weight is 131 g/mol. The summed E-state index contributed by atoms with van der Waals surface area (Å²) in [5.74, 6) is -0.0961. The Kier molecular flexibility index (Phi) is 2.27. The van der Waals surface area contributed by atoms with Crippen LogP contribution in [0.3, 0.4) is 0 Å². The lowest BCUT2D eigenvalue weighted by Crippen LogP contribution is -1.97. The van der Waals surface area contributed by atoms with E-state index in [1.807, 2.05) is 44.5 Å². The van der Waals surface area contributed by atoms with Crippen LogP contribution in [0, 0.1) is 0 Å². The third-order valence-corrected chi connectivity index (χ3v) is 1.48. The molecule has 0 spiro atoms. The molecular formula is C8H8BO. The molecule has 1 aromatic rings. The van der Waals surface area contributed by atoms with Crippen LogP contribution in [0.4, 0.5) is 0 Å². The van der Waals surface area contributed by atoms with E-state index in [1.165, 1.54) is 0 Å². The monoisotopic (exact) mass is 131 g/mol. The average Bonchev–Trinajstić information content (AvgIpc) is 2.05. The largest absolute Gasteiger partial charge is 0.291 e. The Morgan fingerprint density at radius 2 is 1.90 bits per heavy atom. The van der Waals surface area contributed by atoms with E-state index in [-0.39, 0.29) is 5.82 Å². The van der Waals surface area contributed by atoms with Gasteiger partial charge in [0.1, 0.15) is 7.85 Å². The van der Waals surface area contributed by atoms with Crippen molar-refractivity contribution in [2.24, 2.45) is 0 Å². The highest BCUT2D eigenvalue weighted by molar-refractivity contribution is 6.20. The maximum atomic E-state index is 10.2. The van der Waals surface area contributed by atoms with Gasteiger partial charge in [-0.05, 0) is 5.56 Å².